The van der Waals surface area contributed by atoms with Crippen molar-refractivity contribution in [3.05, 3.63) is 11.6 Å². The summed E-state index contributed by atoms with van der Waals surface area (Å²) in [6, 6.07) is 0. The van der Waals surface area contributed by atoms with Gasteiger partial charge in [-0.2, -0.15) is 0 Å². The van der Waals surface area contributed by atoms with Crippen LogP contribution in [0.25, 0.3) is 0 Å². The zero-order valence-corrected chi connectivity index (χ0v) is 8.40. The van der Waals surface area contributed by atoms with Gasteiger partial charge in [0.25, 0.3) is 0 Å². The number of nitrogens with one attached hydrogen (secondary N) is 2. The van der Waals surface area contributed by atoms with E-state index in [1.54, 1.807) is 13.8 Å². The molecule has 80 valence electrons. The van der Waals surface area contributed by atoms with Gasteiger partial charge in [0, 0.05) is 0 Å². The van der Waals surface area contributed by atoms with Gasteiger partial charge in [0.05, 0.1) is 6.21 Å². The number of carbonyl (C=O) groups is 2. The largest absolute Gasteiger partial charge is 0.406 e. The van der Waals surface area contributed by atoms with Crippen LogP contribution < -0.4 is 10.6 Å². The van der Waals surface area contributed by atoms with Crippen molar-refractivity contribution in [2.45, 2.75) is 25.6 Å². The molecule has 6 heteroatoms. The summed E-state index contributed by atoms with van der Waals surface area (Å²) in [6.07, 6.45) is 1.44. The average Bonchev–Trinajstić information content (AvgIpc) is 2.19. The summed E-state index contributed by atoms with van der Waals surface area (Å²) in [5.41, 5.74) is -0.196. The van der Waals surface area contributed by atoms with Crippen molar-refractivity contribution in [3.8, 4) is 0 Å². The lowest BCUT2D eigenvalue weighted by Crippen LogP contribution is -2.54. The maximum Gasteiger partial charge on any atom is 0.337 e. The van der Waals surface area contributed by atoms with E-state index in [1.165, 1.54) is 6.21 Å². The highest BCUT2D eigenvalue weighted by Crippen LogP contribution is 2.19. The highest BCUT2D eigenvalue weighted by molar-refractivity contribution is 5.89. The van der Waals surface area contributed by atoms with E-state index in [0.29, 0.717) is 12.0 Å². The van der Waals surface area contributed by atoms with E-state index in [-0.39, 0.29) is 5.88 Å². The molecule has 0 aliphatic carbocycles. The first-order chi connectivity index (χ1) is 7.03. The molecule has 0 amide bonds. The van der Waals surface area contributed by atoms with Crippen molar-refractivity contribution in [3.63, 3.8) is 0 Å². The highest BCUT2D eigenvalue weighted by Gasteiger charge is 2.37. The predicted molar refractivity (Wildman–Crippen MR) is 51.8 cm³/mol. The van der Waals surface area contributed by atoms with Crippen molar-refractivity contribution in [1.29, 1.82) is 0 Å². The Kier molecular flexibility index (Phi) is 1.99. The minimum atomic E-state index is -0.777. The van der Waals surface area contributed by atoms with Crippen molar-refractivity contribution in [2.75, 3.05) is 0 Å². The fraction of sp³-hybridized carbons (Fsp3) is 0.444. The normalized spacial score (nSPS) is 27.3. The zero-order valence-electron chi connectivity index (χ0n) is 8.40. The van der Waals surface area contributed by atoms with Gasteiger partial charge < -0.3 is 15.4 Å². The number of aldehydes is 1. The Labute approximate surface area is 86.4 Å². The molecule has 0 radical (unpaired) electrons. The molecule has 0 aromatic carbocycles. The number of rotatable bonds is 1. The SMILES string of the molecule is CC1(C)NC2=C(NC(C=O)N=C2)OC1=O. The number of esters is 1. The molecule has 2 aliphatic rings. The summed E-state index contributed by atoms with van der Waals surface area (Å²) < 4.78 is 5.05. The number of hydrogen-bond donors (Lipinski definition) is 2. The number of ether oxygens (including phenoxy) is 1. The first-order valence-corrected chi connectivity index (χ1v) is 4.53. The van der Waals surface area contributed by atoms with Crippen molar-refractivity contribution >= 4 is 18.5 Å². The molecule has 15 heavy (non-hydrogen) atoms. The number of nitrogens with zero attached hydrogens (tertiary/aromatic N) is 1. The molecule has 0 fully saturated rings. The molecule has 2 N–H and O–H groups in total. The summed E-state index contributed by atoms with van der Waals surface area (Å²) >= 11 is 0. The van der Waals surface area contributed by atoms with Crippen molar-refractivity contribution in [1.82, 2.24) is 10.6 Å². The van der Waals surface area contributed by atoms with Gasteiger partial charge in [-0.3, -0.25) is 9.79 Å². The molecule has 0 saturated carbocycles. The van der Waals surface area contributed by atoms with Crippen LogP contribution in [0, 0.1) is 0 Å². The fourth-order valence-corrected chi connectivity index (χ4v) is 1.31. The van der Waals surface area contributed by atoms with Crippen LogP contribution in [-0.4, -0.2) is 30.2 Å². The minimum Gasteiger partial charge on any atom is -0.406 e. The Morgan fingerprint density at radius 2 is 2.33 bits per heavy atom. The number of hydrogen-bond acceptors (Lipinski definition) is 6. The van der Waals surface area contributed by atoms with Gasteiger partial charge in [-0.05, 0) is 13.8 Å². The second-order valence-corrected chi connectivity index (χ2v) is 3.89. The first kappa shape index (κ1) is 9.70. The molecule has 0 aromatic rings. The third kappa shape index (κ3) is 1.58. The number of allylic oxidation sites excluding steroid dienone is 1. The highest BCUT2D eigenvalue weighted by atomic mass is 16.6. The average molecular weight is 209 g/mol. The van der Waals surface area contributed by atoms with Gasteiger partial charge >= 0.3 is 5.97 Å². The van der Waals surface area contributed by atoms with Crippen LogP contribution in [0.3, 0.4) is 0 Å². The topological polar surface area (TPSA) is 79.8 Å². The van der Waals surface area contributed by atoms with Gasteiger partial charge in [-0.15, -0.1) is 0 Å². The summed E-state index contributed by atoms with van der Waals surface area (Å²) in [5.74, 6) is -0.139. The maximum absolute atomic E-state index is 11.5. The second kappa shape index (κ2) is 3.08. The minimum absolute atomic E-state index is 0.256. The van der Waals surface area contributed by atoms with E-state index in [4.69, 9.17) is 4.74 Å². The monoisotopic (exact) mass is 209 g/mol. The lowest BCUT2D eigenvalue weighted by molar-refractivity contribution is -0.148. The molecular formula is C9H11N3O3. The van der Waals surface area contributed by atoms with Gasteiger partial charge in [0.15, 0.2) is 12.5 Å². The van der Waals surface area contributed by atoms with Gasteiger partial charge in [-0.25, -0.2) is 4.79 Å². The van der Waals surface area contributed by atoms with Gasteiger partial charge in [-0.1, -0.05) is 0 Å². The Hall–Kier alpha value is -1.85. The molecular weight excluding hydrogens is 198 g/mol. The van der Waals surface area contributed by atoms with Crippen LogP contribution in [0.2, 0.25) is 0 Å². The van der Waals surface area contributed by atoms with Crippen LogP contribution in [0.4, 0.5) is 0 Å². The Morgan fingerprint density at radius 3 is 3.00 bits per heavy atom. The van der Waals surface area contributed by atoms with E-state index in [9.17, 15) is 9.59 Å². The lowest BCUT2D eigenvalue weighted by atomic mass is 10.0. The maximum atomic E-state index is 11.5. The predicted octanol–water partition coefficient (Wildman–Crippen LogP) is -0.721. The van der Waals surface area contributed by atoms with Crippen molar-refractivity contribution in [2.24, 2.45) is 4.99 Å². The molecule has 0 saturated heterocycles. The smallest absolute Gasteiger partial charge is 0.337 e. The Balaban J connectivity index is 2.27. The Morgan fingerprint density at radius 1 is 1.60 bits per heavy atom. The summed E-state index contributed by atoms with van der Waals surface area (Å²) in [5, 5.41) is 5.65. The van der Waals surface area contributed by atoms with Crippen LogP contribution in [0.15, 0.2) is 16.6 Å². The lowest BCUT2D eigenvalue weighted by Gasteiger charge is -2.34. The van der Waals surface area contributed by atoms with E-state index < -0.39 is 17.7 Å². The second-order valence-electron chi connectivity index (χ2n) is 3.89. The van der Waals surface area contributed by atoms with Gasteiger partial charge in [0.1, 0.15) is 11.2 Å². The molecule has 1 atom stereocenters. The van der Waals surface area contributed by atoms with Crippen LogP contribution >= 0.6 is 0 Å². The molecule has 1 unspecified atom stereocenters. The van der Waals surface area contributed by atoms with E-state index >= 15 is 0 Å². The van der Waals surface area contributed by atoms with E-state index in [2.05, 4.69) is 15.6 Å². The summed E-state index contributed by atoms with van der Waals surface area (Å²) in [6.45, 7) is 3.41. The summed E-state index contributed by atoms with van der Waals surface area (Å²) in [4.78, 5) is 25.9. The van der Waals surface area contributed by atoms with Gasteiger partial charge in [0.2, 0.25) is 5.88 Å². The van der Waals surface area contributed by atoms with Crippen LogP contribution in [0.5, 0.6) is 0 Å². The zero-order chi connectivity index (χ0) is 11.1. The van der Waals surface area contributed by atoms with Crippen LogP contribution in [-0.2, 0) is 14.3 Å². The standard InChI is InChI=1S/C9H11N3O3/c1-9(2)8(14)15-7-5(12-9)3-10-6(4-13)11-7/h3-4,6,11-12H,1-2H3. The van der Waals surface area contributed by atoms with E-state index in [0.717, 1.165) is 0 Å². The fourth-order valence-electron chi connectivity index (χ4n) is 1.31. The molecule has 0 bridgehead atoms. The Bertz CT molecular complexity index is 384. The molecule has 0 spiro atoms. The quantitative estimate of drug-likeness (QED) is 0.440. The molecule has 0 aromatic heterocycles. The molecule has 2 heterocycles. The number of aliphatic imine (C=N–C) groups is 1. The molecule has 2 aliphatic heterocycles. The summed E-state index contributed by atoms with van der Waals surface area (Å²) in [7, 11) is 0. The number of carbonyl (C=O) groups excluding carboxylic acids is 2. The molecule has 6 nitrogen and oxygen atoms in total. The third-order valence-corrected chi connectivity index (χ3v) is 2.17. The first-order valence-electron chi connectivity index (χ1n) is 4.53. The van der Waals surface area contributed by atoms with Crippen LogP contribution in [0.1, 0.15) is 13.8 Å². The van der Waals surface area contributed by atoms with Crippen molar-refractivity contribution < 1.29 is 14.3 Å². The van der Waals surface area contributed by atoms with E-state index in [1.807, 2.05) is 0 Å². The molecule has 2 rings (SSSR count). The third-order valence-electron chi connectivity index (χ3n) is 2.17.